The molecule has 150 valence electrons. The number of carboxylic acids is 1. The highest BCUT2D eigenvalue weighted by molar-refractivity contribution is 6.30. The second-order valence-electron chi connectivity index (χ2n) is 6.80. The van der Waals surface area contributed by atoms with Crippen molar-refractivity contribution in [2.24, 2.45) is 0 Å². The first-order valence-corrected chi connectivity index (χ1v) is 9.92. The van der Waals surface area contributed by atoms with E-state index in [0.29, 0.717) is 10.6 Å². The zero-order chi connectivity index (χ0) is 21.5. The van der Waals surface area contributed by atoms with Gasteiger partial charge in [0.05, 0.1) is 11.3 Å². The van der Waals surface area contributed by atoms with Gasteiger partial charge in [-0.2, -0.15) is 0 Å². The van der Waals surface area contributed by atoms with Gasteiger partial charge in [0.1, 0.15) is 0 Å². The van der Waals surface area contributed by atoms with Gasteiger partial charge in [0.25, 0.3) is 0 Å². The molecule has 0 atom stereocenters. The molecule has 0 saturated carbocycles. The summed E-state index contributed by atoms with van der Waals surface area (Å²) in [5.41, 5.74) is 5.57. The lowest BCUT2D eigenvalue weighted by molar-refractivity contribution is -0.130. The van der Waals surface area contributed by atoms with Gasteiger partial charge in [0.15, 0.2) is 0 Å². The summed E-state index contributed by atoms with van der Waals surface area (Å²) in [4.78, 5) is 16.4. The van der Waals surface area contributed by atoms with Gasteiger partial charge in [0, 0.05) is 10.7 Å². The van der Waals surface area contributed by atoms with Crippen LogP contribution >= 0.6 is 11.6 Å². The van der Waals surface area contributed by atoms with E-state index in [1.165, 1.54) is 0 Å². The van der Waals surface area contributed by atoms with Crippen molar-refractivity contribution in [1.82, 2.24) is 4.98 Å². The number of benzene rings is 2. The first-order chi connectivity index (χ1) is 14.5. The predicted octanol–water partition coefficient (Wildman–Crippen LogP) is 6.43. The first-order valence-electron chi connectivity index (χ1n) is 9.55. The second kappa shape index (κ2) is 9.86. The van der Waals surface area contributed by atoms with E-state index in [1.54, 1.807) is 42.5 Å². The largest absolute Gasteiger partial charge is 0.478 e. The van der Waals surface area contributed by atoms with Crippen molar-refractivity contribution >= 4 is 41.4 Å². The van der Waals surface area contributed by atoms with Gasteiger partial charge in [-0.3, -0.25) is 4.98 Å². The maximum absolute atomic E-state index is 11.8. The van der Waals surface area contributed by atoms with Crippen molar-refractivity contribution in [3.8, 4) is 0 Å². The van der Waals surface area contributed by atoms with Crippen LogP contribution in [0.4, 0.5) is 0 Å². The normalized spacial score (nSPS) is 11.2. The van der Waals surface area contributed by atoms with Crippen LogP contribution in [-0.2, 0) is 17.6 Å². The molecule has 0 radical (unpaired) electrons. The van der Waals surface area contributed by atoms with E-state index in [0.717, 1.165) is 40.9 Å². The molecule has 0 aliphatic rings. The van der Waals surface area contributed by atoms with Crippen molar-refractivity contribution in [3.05, 3.63) is 112 Å². The molecule has 0 aliphatic carbocycles. The Kier molecular flexibility index (Phi) is 6.99. The number of aromatic nitrogens is 1. The molecule has 0 unspecified atom stereocenters. The smallest absolute Gasteiger partial charge is 0.336 e. The van der Waals surface area contributed by atoms with Crippen molar-refractivity contribution in [3.63, 3.8) is 0 Å². The fourth-order valence-electron chi connectivity index (χ4n) is 3.12. The summed E-state index contributed by atoms with van der Waals surface area (Å²) in [5, 5.41) is 10.3. The molecule has 3 nitrogen and oxygen atoms in total. The third-order valence-electron chi connectivity index (χ3n) is 4.77. The zero-order valence-corrected chi connectivity index (χ0v) is 17.3. The Morgan fingerprint density at radius 3 is 2.23 bits per heavy atom. The van der Waals surface area contributed by atoms with Crippen LogP contribution < -0.4 is 0 Å². The number of carbonyl (C=O) groups is 1. The Morgan fingerprint density at radius 2 is 1.63 bits per heavy atom. The lowest BCUT2D eigenvalue weighted by Crippen LogP contribution is -2.01. The highest BCUT2D eigenvalue weighted by Crippen LogP contribution is 2.21. The van der Waals surface area contributed by atoms with Crippen molar-refractivity contribution in [2.75, 3.05) is 0 Å². The molecule has 0 spiro atoms. The highest BCUT2D eigenvalue weighted by atomic mass is 35.5. The molecule has 1 heterocycles. The Morgan fingerprint density at radius 1 is 0.933 bits per heavy atom. The molecule has 0 amide bonds. The number of rotatable bonds is 8. The number of nitrogens with zero attached hydrogens (tertiary/aromatic N) is 1. The second-order valence-corrected chi connectivity index (χ2v) is 7.23. The molecule has 1 aromatic heterocycles. The van der Waals surface area contributed by atoms with E-state index in [9.17, 15) is 9.90 Å². The molecular weight excluding hydrogens is 394 g/mol. The molecule has 0 fully saturated rings. The minimum atomic E-state index is -0.971. The Labute approximate surface area is 181 Å². The van der Waals surface area contributed by atoms with Gasteiger partial charge in [0.2, 0.25) is 0 Å². The minimum absolute atomic E-state index is 0.237. The summed E-state index contributed by atoms with van der Waals surface area (Å²) in [7, 11) is 0. The Bertz CT molecular complexity index is 1100. The van der Waals surface area contributed by atoms with Crippen molar-refractivity contribution in [2.45, 2.75) is 12.8 Å². The summed E-state index contributed by atoms with van der Waals surface area (Å²) in [6.45, 7) is 7.59. The molecular formula is C26H22ClNO2. The number of aliphatic carboxylic acids is 1. The highest BCUT2D eigenvalue weighted by Gasteiger charge is 2.11. The molecule has 3 rings (SSSR count). The van der Waals surface area contributed by atoms with Crippen molar-refractivity contribution < 1.29 is 9.90 Å². The summed E-state index contributed by atoms with van der Waals surface area (Å²) < 4.78 is 0. The average Bonchev–Trinajstić information content (AvgIpc) is 2.77. The van der Waals surface area contributed by atoms with E-state index in [4.69, 9.17) is 11.6 Å². The number of hydrogen-bond acceptors (Lipinski definition) is 2. The molecule has 4 heteroatoms. The van der Waals surface area contributed by atoms with E-state index < -0.39 is 5.97 Å². The third-order valence-corrected chi connectivity index (χ3v) is 5.03. The number of halogens is 1. The van der Waals surface area contributed by atoms with Crippen LogP contribution in [0.5, 0.6) is 0 Å². The summed E-state index contributed by atoms with van der Waals surface area (Å²) in [6.07, 6.45) is 6.74. The lowest BCUT2D eigenvalue weighted by atomic mass is 9.99. The Hall–Kier alpha value is -3.43. The number of carboxylic acid groups (broad SMARTS) is 1. The molecule has 0 aliphatic heterocycles. The monoisotopic (exact) mass is 415 g/mol. The fraction of sp³-hybridized carbons (Fsp3) is 0.0769. The van der Waals surface area contributed by atoms with Crippen LogP contribution in [0.2, 0.25) is 5.02 Å². The van der Waals surface area contributed by atoms with Gasteiger partial charge in [-0.15, -0.1) is 0 Å². The summed E-state index contributed by atoms with van der Waals surface area (Å²) >= 11 is 5.90. The maximum Gasteiger partial charge on any atom is 0.336 e. The van der Waals surface area contributed by atoms with E-state index in [1.807, 2.05) is 36.4 Å². The van der Waals surface area contributed by atoms with Gasteiger partial charge in [-0.1, -0.05) is 73.3 Å². The first kappa shape index (κ1) is 21.3. The van der Waals surface area contributed by atoms with Gasteiger partial charge < -0.3 is 5.11 Å². The number of hydrogen-bond donors (Lipinski definition) is 1. The predicted molar refractivity (Wildman–Crippen MR) is 125 cm³/mol. The van der Waals surface area contributed by atoms with E-state index >= 15 is 0 Å². The van der Waals surface area contributed by atoms with Gasteiger partial charge in [-0.05, 0) is 65.4 Å². The Balaban J connectivity index is 1.74. The van der Waals surface area contributed by atoms with Crippen LogP contribution in [0.15, 0.2) is 73.8 Å². The van der Waals surface area contributed by atoms with Crippen molar-refractivity contribution in [1.29, 1.82) is 0 Å². The SMILES string of the molecule is C=Cc1ccc(CCc2ccc(C(=Cc3ccc(Cl)cc3)C(=O)O)cc2)nc1C=C. The summed E-state index contributed by atoms with van der Waals surface area (Å²) in [5.74, 6) is -0.971. The van der Waals surface area contributed by atoms with Crippen LogP contribution in [0.3, 0.4) is 0 Å². The van der Waals surface area contributed by atoms with E-state index in [-0.39, 0.29) is 5.57 Å². The van der Waals surface area contributed by atoms with E-state index in [2.05, 4.69) is 18.1 Å². The average molecular weight is 416 g/mol. The van der Waals surface area contributed by atoms with Gasteiger partial charge >= 0.3 is 5.97 Å². The molecule has 30 heavy (non-hydrogen) atoms. The molecule has 2 aromatic carbocycles. The van der Waals surface area contributed by atoms with Crippen LogP contribution in [0.1, 0.15) is 33.6 Å². The van der Waals surface area contributed by atoms with Gasteiger partial charge in [-0.25, -0.2) is 4.79 Å². The molecule has 0 saturated heterocycles. The van der Waals surface area contributed by atoms with Crippen LogP contribution in [-0.4, -0.2) is 16.1 Å². The fourth-order valence-corrected chi connectivity index (χ4v) is 3.25. The third kappa shape index (κ3) is 5.34. The number of aryl methyl sites for hydroxylation is 2. The van der Waals surface area contributed by atoms with Crippen LogP contribution in [0, 0.1) is 0 Å². The number of pyridine rings is 1. The zero-order valence-electron chi connectivity index (χ0n) is 16.5. The molecule has 3 aromatic rings. The maximum atomic E-state index is 11.8. The standard InChI is InChI=1S/C26H22ClNO2/c1-3-20-12-16-23(28-25(20)4-2)15-9-18-5-10-21(11-6-18)24(26(29)30)17-19-7-13-22(27)14-8-19/h3-8,10-14,16-17H,1-2,9,15H2,(H,29,30). The molecule has 0 bridgehead atoms. The lowest BCUT2D eigenvalue weighted by Gasteiger charge is -2.07. The minimum Gasteiger partial charge on any atom is -0.478 e. The topological polar surface area (TPSA) is 50.2 Å². The van der Waals surface area contributed by atoms with Crippen LogP contribution in [0.25, 0.3) is 23.8 Å². The summed E-state index contributed by atoms with van der Waals surface area (Å²) in [6, 6.07) is 18.7. The molecule has 1 N–H and O–H groups in total. The quantitative estimate of drug-likeness (QED) is 0.340.